The molecule has 7 nitrogen and oxygen atoms in total. The van der Waals surface area contributed by atoms with Gasteiger partial charge in [0.25, 0.3) is 0 Å². The number of ether oxygens (including phenoxy) is 1. The van der Waals surface area contributed by atoms with Crippen molar-refractivity contribution >= 4 is 29.5 Å². The van der Waals surface area contributed by atoms with Crippen LogP contribution in [0.1, 0.15) is 80.6 Å². The molecule has 3 saturated heterocycles. The summed E-state index contributed by atoms with van der Waals surface area (Å²) in [5.74, 6) is -1.91. The summed E-state index contributed by atoms with van der Waals surface area (Å²) in [7, 11) is 0. The van der Waals surface area contributed by atoms with Gasteiger partial charge in [-0.2, -0.15) is 0 Å². The van der Waals surface area contributed by atoms with Crippen molar-refractivity contribution < 1.29 is 24.2 Å². The summed E-state index contributed by atoms with van der Waals surface area (Å²) in [5.41, 5.74) is -0.525. The molecule has 3 heterocycles. The number of carbonyl (C=O) groups excluding carboxylic acids is 3. The van der Waals surface area contributed by atoms with Crippen LogP contribution in [0.4, 0.5) is 0 Å². The van der Waals surface area contributed by atoms with Crippen LogP contribution in [-0.4, -0.2) is 80.1 Å². The zero-order valence-electron chi connectivity index (χ0n) is 25.1. The number of nitrogens with zero attached hydrogens (tertiary/aromatic N) is 2. The molecule has 0 aromatic heterocycles. The molecule has 2 amide bonds. The number of fused-ring (bicyclic) bond motifs is 1. The van der Waals surface area contributed by atoms with E-state index in [1.807, 2.05) is 18.7 Å². The van der Waals surface area contributed by atoms with Gasteiger partial charge in [0.1, 0.15) is 6.04 Å². The highest BCUT2D eigenvalue weighted by Crippen LogP contribution is 2.67. The highest BCUT2D eigenvalue weighted by Gasteiger charge is 2.75. The second kappa shape index (κ2) is 12.0. The molecule has 3 aliphatic heterocycles. The Labute approximate surface area is 239 Å². The third kappa shape index (κ3) is 5.83. The van der Waals surface area contributed by atoms with Crippen LogP contribution in [0.15, 0.2) is 25.3 Å². The van der Waals surface area contributed by atoms with E-state index in [0.717, 1.165) is 19.3 Å². The van der Waals surface area contributed by atoms with E-state index in [0.29, 0.717) is 19.4 Å². The average molecular weight is 563 g/mol. The number of esters is 1. The highest BCUT2D eigenvalue weighted by molar-refractivity contribution is 8.02. The minimum absolute atomic E-state index is 0.0138. The minimum atomic E-state index is -0.763. The fourth-order valence-electron chi connectivity index (χ4n) is 7.45. The molecule has 0 aromatic carbocycles. The van der Waals surface area contributed by atoms with Crippen molar-refractivity contribution in [2.24, 2.45) is 23.2 Å². The number of carbonyl (C=O) groups is 3. The summed E-state index contributed by atoms with van der Waals surface area (Å²) in [6.45, 7) is 22.7. The number of aliphatic hydroxyl groups is 1. The summed E-state index contributed by atoms with van der Waals surface area (Å²) in [4.78, 5) is 46.1. The molecule has 8 heteroatoms. The lowest BCUT2D eigenvalue weighted by atomic mass is 9.71. The van der Waals surface area contributed by atoms with E-state index in [1.54, 1.807) is 28.8 Å². The summed E-state index contributed by atoms with van der Waals surface area (Å²) in [5, 5.41) is 10.5. The molecule has 3 rings (SSSR count). The summed E-state index contributed by atoms with van der Waals surface area (Å²) in [6.07, 6.45) is 6.95. The number of likely N-dealkylation sites (tertiary alicyclic amines) is 1. The molecule has 7 atom stereocenters. The lowest BCUT2D eigenvalue weighted by Gasteiger charge is -2.47. The second-order valence-corrected chi connectivity index (χ2v) is 15.1. The van der Waals surface area contributed by atoms with Gasteiger partial charge in [0.2, 0.25) is 11.8 Å². The van der Waals surface area contributed by atoms with Crippen molar-refractivity contribution in [2.45, 2.75) is 108 Å². The fourth-order valence-corrected chi connectivity index (χ4v) is 9.64. The molecule has 220 valence electrons. The van der Waals surface area contributed by atoms with Crippen molar-refractivity contribution in [3.05, 3.63) is 25.3 Å². The molecular formula is C31H50N2O5S. The molecule has 1 spiro atoms. The van der Waals surface area contributed by atoms with Crippen molar-refractivity contribution in [1.82, 2.24) is 9.80 Å². The summed E-state index contributed by atoms with van der Waals surface area (Å²) < 4.78 is 4.88. The van der Waals surface area contributed by atoms with Crippen LogP contribution in [0.5, 0.6) is 0 Å². The van der Waals surface area contributed by atoms with Crippen molar-refractivity contribution in [3.63, 3.8) is 0 Å². The first-order chi connectivity index (χ1) is 18.2. The van der Waals surface area contributed by atoms with Crippen LogP contribution in [-0.2, 0) is 19.1 Å². The van der Waals surface area contributed by atoms with Crippen molar-refractivity contribution in [1.29, 1.82) is 0 Å². The van der Waals surface area contributed by atoms with E-state index < -0.39 is 34.2 Å². The van der Waals surface area contributed by atoms with E-state index in [9.17, 15) is 19.5 Å². The second-order valence-electron chi connectivity index (χ2n) is 13.5. The molecule has 1 N–H and O–H groups in total. The number of hydrogen-bond acceptors (Lipinski definition) is 6. The summed E-state index contributed by atoms with van der Waals surface area (Å²) in [6, 6.07) is -1.27. The molecule has 39 heavy (non-hydrogen) atoms. The first-order valence-electron chi connectivity index (χ1n) is 14.5. The highest BCUT2D eigenvalue weighted by atomic mass is 32.2. The fraction of sp³-hybridized carbons (Fsp3) is 0.774. The quantitative estimate of drug-likeness (QED) is 0.197. The smallest absolute Gasteiger partial charge is 0.310 e. The largest absolute Gasteiger partial charge is 0.465 e. The van der Waals surface area contributed by atoms with E-state index in [2.05, 4.69) is 47.8 Å². The number of amides is 2. The van der Waals surface area contributed by atoms with Gasteiger partial charge in [0.15, 0.2) is 0 Å². The van der Waals surface area contributed by atoms with Gasteiger partial charge in [-0.25, -0.2) is 0 Å². The molecule has 0 radical (unpaired) electrons. The number of thioether (sulfide) groups is 1. The Bertz CT molecular complexity index is 959. The number of rotatable bonds is 13. The Kier molecular flexibility index (Phi) is 9.74. The Balaban J connectivity index is 2.12. The Hall–Kier alpha value is -1.80. The lowest BCUT2D eigenvalue weighted by Crippen LogP contribution is -2.62. The predicted molar refractivity (Wildman–Crippen MR) is 157 cm³/mol. The maximum atomic E-state index is 14.8. The number of aliphatic hydroxyl groups excluding tert-OH is 1. The van der Waals surface area contributed by atoms with Crippen molar-refractivity contribution in [2.75, 3.05) is 19.8 Å². The monoisotopic (exact) mass is 562 g/mol. The van der Waals surface area contributed by atoms with Gasteiger partial charge in [-0.15, -0.1) is 24.9 Å². The molecule has 3 fully saturated rings. The Morgan fingerprint density at radius 3 is 2.46 bits per heavy atom. The third-order valence-corrected chi connectivity index (χ3v) is 10.9. The van der Waals surface area contributed by atoms with Gasteiger partial charge in [-0.3, -0.25) is 14.4 Å². The maximum Gasteiger partial charge on any atom is 0.310 e. The van der Waals surface area contributed by atoms with Gasteiger partial charge >= 0.3 is 5.97 Å². The molecular weight excluding hydrogens is 512 g/mol. The van der Waals surface area contributed by atoms with Crippen LogP contribution in [0.2, 0.25) is 0 Å². The zero-order chi connectivity index (χ0) is 29.3. The maximum absolute atomic E-state index is 14.8. The Morgan fingerprint density at radius 1 is 1.26 bits per heavy atom. The molecule has 3 aliphatic rings. The van der Waals surface area contributed by atoms with Crippen LogP contribution in [0.3, 0.4) is 0 Å². The van der Waals surface area contributed by atoms with E-state index in [-0.39, 0.29) is 47.6 Å². The molecule has 0 aliphatic carbocycles. The van der Waals surface area contributed by atoms with E-state index in [1.165, 1.54) is 0 Å². The summed E-state index contributed by atoms with van der Waals surface area (Å²) >= 11 is 1.64. The molecule has 0 saturated carbocycles. The first-order valence-corrected chi connectivity index (χ1v) is 15.4. The van der Waals surface area contributed by atoms with Crippen molar-refractivity contribution in [3.8, 4) is 0 Å². The Morgan fingerprint density at radius 2 is 1.92 bits per heavy atom. The van der Waals surface area contributed by atoms with Gasteiger partial charge < -0.3 is 19.6 Å². The topological polar surface area (TPSA) is 87.2 Å². The van der Waals surface area contributed by atoms with Gasteiger partial charge in [-0.05, 0) is 50.9 Å². The van der Waals surface area contributed by atoms with E-state index >= 15 is 0 Å². The van der Waals surface area contributed by atoms with Crippen LogP contribution in [0, 0.1) is 23.2 Å². The average Bonchev–Trinajstić information content (AvgIpc) is 3.48. The minimum Gasteiger partial charge on any atom is -0.465 e. The van der Waals surface area contributed by atoms with E-state index in [4.69, 9.17) is 4.74 Å². The normalized spacial score (nSPS) is 29.6. The zero-order valence-corrected chi connectivity index (χ0v) is 25.9. The first kappa shape index (κ1) is 31.7. The van der Waals surface area contributed by atoms with Crippen LogP contribution in [0.25, 0.3) is 0 Å². The predicted octanol–water partition coefficient (Wildman–Crippen LogP) is 4.83. The van der Waals surface area contributed by atoms with Crippen LogP contribution < -0.4 is 0 Å². The van der Waals surface area contributed by atoms with Gasteiger partial charge in [-0.1, -0.05) is 53.2 Å². The molecule has 2 bridgehead atoms. The van der Waals surface area contributed by atoms with Gasteiger partial charge in [0, 0.05) is 17.3 Å². The SMILES string of the molecule is C=CCCOC(=O)[C@@H]1[C@@H]2CCC3(S2)C(C(=O)N(CC=C)C(C)(C)CC(C)(C)C)N([C@@H](CO)[C@@H](C)CC)C(=O)[C@H]13. The number of hydrogen-bond donors (Lipinski definition) is 1. The van der Waals surface area contributed by atoms with Crippen LogP contribution >= 0.6 is 11.8 Å². The standard InChI is InChI=1S/C31H50N2O5S/c1-10-13-17-38-28(37)23-22-14-15-31(39-22)24(23)26(35)33(21(18-34)20(4)12-3)25(31)27(36)32(16-11-2)30(8,9)19-29(5,6)7/h10-11,20-25,34H,1-2,12-19H2,3-9H3/t20-,21-,22-,23+,24-,25?,31?/m0/s1. The lowest BCUT2D eigenvalue weighted by molar-refractivity contribution is -0.155. The molecule has 2 unspecified atom stereocenters. The van der Waals surface area contributed by atoms with Gasteiger partial charge in [0.05, 0.1) is 35.8 Å². The molecule has 0 aromatic rings. The third-order valence-electron chi connectivity index (χ3n) is 8.93.